The Morgan fingerprint density at radius 3 is 1.27 bits per heavy atom. The van der Waals surface area contributed by atoms with Crippen LogP contribution in [0.15, 0.2) is 358 Å². The Morgan fingerprint density at radius 2 is 0.757 bits per heavy atom. The van der Waals surface area contributed by atoms with Crippen molar-refractivity contribution in [1.82, 2.24) is 33.9 Å². The van der Waals surface area contributed by atoms with Gasteiger partial charge in [0.2, 0.25) is 5.78 Å². The van der Waals surface area contributed by atoms with Crippen LogP contribution in [0, 0.1) is 0 Å². The maximum absolute atomic E-state index is 11.4. The molecular formula is C92H71N7OSi3. The summed E-state index contributed by atoms with van der Waals surface area (Å²) in [6, 6.07) is 119. The van der Waals surface area contributed by atoms with Crippen LogP contribution < -0.4 is 36.1 Å². The highest BCUT2D eigenvalue weighted by molar-refractivity contribution is 7.20. The van der Waals surface area contributed by atoms with E-state index in [4.69, 9.17) is 29.7 Å². The molecule has 0 saturated carbocycles. The van der Waals surface area contributed by atoms with Gasteiger partial charge in [-0.25, -0.2) is 24.9 Å². The molecule has 0 saturated heterocycles. The third-order valence-corrected chi connectivity index (χ3v) is 35.4. The first-order chi connectivity index (χ1) is 53.1. The number of aromatic nitrogens is 7. The molecule has 0 amide bonds. The highest BCUT2D eigenvalue weighted by Gasteiger charge is 2.67. The lowest BCUT2D eigenvalue weighted by Crippen LogP contribution is -2.78. The van der Waals surface area contributed by atoms with Gasteiger partial charge < -0.3 is 4.74 Å². The van der Waals surface area contributed by atoms with E-state index < -0.39 is 41.8 Å². The van der Waals surface area contributed by atoms with Gasteiger partial charge >= 0.3 is 0 Å². The summed E-state index contributed by atoms with van der Waals surface area (Å²) in [6.45, 7) is -2.37. The van der Waals surface area contributed by atoms with Crippen molar-refractivity contribution in [3.8, 4) is 84.7 Å². The number of ether oxygens (including phenoxy) is 1. The van der Waals surface area contributed by atoms with E-state index in [0.29, 0.717) is 78.5 Å². The second kappa shape index (κ2) is 25.4. The van der Waals surface area contributed by atoms with Crippen LogP contribution in [0.4, 0.5) is 0 Å². The van der Waals surface area contributed by atoms with Gasteiger partial charge in [-0.15, -0.1) is 0 Å². The minimum atomic E-state index is -5.40. The molecule has 0 spiro atoms. The lowest BCUT2D eigenvalue weighted by molar-refractivity contribution is 0.453. The number of benzene rings is 13. The molecule has 0 fully saturated rings. The highest BCUT2D eigenvalue weighted by atomic mass is 28.4. The normalized spacial score (nSPS) is 15.8. The van der Waals surface area contributed by atoms with Gasteiger partial charge in [0.25, 0.3) is 0 Å². The second-order valence-electron chi connectivity index (χ2n) is 26.8. The zero-order valence-corrected chi connectivity index (χ0v) is 59.6. The van der Waals surface area contributed by atoms with Gasteiger partial charge in [-0.1, -0.05) is 341 Å². The van der Waals surface area contributed by atoms with E-state index in [1.165, 1.54) is 0 Å². The van der Waals surface area contributed by atoms with E-state index in [1.54, 1.807) is 0 Å². The smallest absolute Gasteiger partial charge is 0.220 e. The van der Waals surface area contributed by atoms with Crippen LogP contribution in [0.25, 0.3) is 101 Å². The summed E-state index contributed by atoms with van der Waals surface area (Å²) in [6.07, 6.45) is 0. The molecule has 0 N–H and O–H groups in total. The van der Waals surface area contributed by atoms with Gasteiger partial charge in [0, 0.05) is 73.7 Å². The Bertz CT molecular complexity index is 6050. The summed E-state index contributed by atoms with van der Waals surface area (Å²) >= 11 is 0. The van der Waals surface area contributed by atoms with Crippen molar-refractivity contribution in [3.63, 3.8) is 0 Å². The SMILES string of the molecule is [2H]C([2H])([2H])[Si](C)(c1nc(-c2ccccc2)nc(-c2ccccc2)c1-c1ccccc1)C1([Si](C)(c2nc(-c3ccccc3)nc(-c3ccccc3)c2-c2ccccc2)C([2H])([2H])[2H])c2ccccc2Oc2c1cccc2[Si](c1ccccc1)(c1ccccc1)c1cccc(-n2c3ccccc3n3c4ccccc4nc23)c1. The van der Waals surface area contributed by atoms with E-state index >= 15 is 0 Å². The number of hydrogen-bond acceptors (Lipinski definition) is 6. The first-order valence-electron chi connectivity index (χ1n) is 37.8. The van der Waals surface area contributed by atoms with Crippen molar-refractivity contribution in [2.45, 2.75) is 30.7 Å². The molecule has 13 aromatic carbocycles. The molecule has 5 heterocycles. The van der Waals surface area contributed by atoms with E-state index in [0.717, 1.165) is 54.3 Å². The Labute approximate surface area is 611 Å². The Morgan fingerprint density at radius 1 is 0.350 bits per heavy atom. The number of fused-ring (bicyclic) bond motifs is 7. The molecule has 4 aromatic heterocycles. The monoisotopic (exact) mass is 1380 g/mol. The fourth-order valence-electron chi connectivity index (χ4n) is 16.6. The van der Waals surface area contributed by atoms with Gasteiger partial charge in [-0.2, -0.15) is 0 Å². The average molecular weight is 1380 g/mol. The van der Waals surface area contributed by atoms with Crippen LogP contribution in [-0.2, 0) is 4.66 Å². The van der Waals surface area contributed by atoms with E-state index in [2.05, 4.69) is 118 Å². The van der Waals surface area contributed by atoms with E-state index in [-0.39, 0.29) is 22.3 Å². The molecule has 103 heavy (non-hydrogen) atoms. The molecule has 8 nitrogen and oxygen atoms in total. The van der Waals surface area contributed by atoms with Crippen LogP contribution >= 0.6 is 0 Å². The predicted molar refractivity (Wildman–Crippen MR) is 431 cm³/mol. The van der Waals surface area contributed by atoms with Gasteiger partial charge in [-0.3, -0.25) is 8.97 Å². The van der Waals surface area contributed by atoms with Crippen molar-refractivity contribution < 1.29 is 13.0 Å². The molecule has 0 bridgehead atoms. The summed E-state index contributed by atoms with van der Waals surface area (Å²) in [7, 11) is -14.8. The Balaban J connectivity index is 1.08. The van der Waals surface area contributed by atoms with Crippen LogP contribution in [0.5, 0.6) is 11.5 Å². The fraction of sp³-hybridized carbons (Fsp3) is 0.0543. The predicted octanol–water partition coefficient (Wildman–Crippen LogP) is 18.1. The first-order valence-corrected chi connectivity index (χ1v) is 41.8. The molecule has 0 aliphatic carbocycles. The van der Waals surface area contributed by atoms with Crippen molar-refractivity contribution in [2.75, 3.05) is 0 Å². The molecule has 492 valence electrons. The molecule has 11 heteroatoms. The summed E-state index contributed by atoms with van der Waals surface area (Å²) in [5.74, 6) is 1.96. The summed E-state index contributed by atoms with van der Waals surface area (Å²) in [5.41, 5.74) is 11.4. The van der Waals surface area contributed by atoms with Gasteiger partial charge in [-0.05, 0) is 74.3 Å². The number of hydrogen-bond donors (Lipinski definition) is 0. The van der Waals surface area contributed by atoms with Crippen LogP contribution in [-0.4, -0.2) is 58.1 Å². The summed E-state index contributed by atoms with van der Waals surface area (Å²) < 4.78 is 78.9. The molecule has 2 unspecified atom stereocenters. The number of nitrogens with zero attached hydrogens (tertiary/aromatic N) is 7. The lowest BCUT2D eigenvalue weighted by Gasteiger charge is -2.57. The zero-order chi connectivity index (χ0) is 74.3. The third-order valence-electron chi connectivity index (χ3n) is 20.9. The highest BCUT2D eigenvalue weighted by Crippen LogP contribution is 2.58. The fourth-order valence-corrected chi connectivity index (χ4v) is 32.0. The van der Waals surface area contributed by atoms with Gasteiger partial charge in [0.1, 0.15) is 27.6 Å². The van der Waals surface area contributed by atoms with E-state index in [1.807, 2.05) is 262 Å². The van der Waals surface area contributed by atoms with E-state index in [9.17, 15) is 8.22 Å². The molecule has 18 rings (SSSR count). The van der Waals surface area contributed by atoms with Gasteiger partial charge in [0.15, 0.2) is 19.7 Å². The third kappa shape index (κ3) is 10.0. The Kier molecular flexibility index (Phi) is 13.9. The minimum absolute atomic E-state index is 0.239. The molecular weight excluding hydrogens is 1300 g/mol. The van der Waals surface area contributed by atoms with Crippen molar-refractivity contribution in [2.24, 2.45) is 0 Å². The number of imidazole rings is 2. The molecule has 1 aliphatic rings. The maximum atomic E-state index is 11.4. The number of rotatable bonds is 15. The first kappa shape index (κ1) is 56.5. The molecule has 2 atom stereocenters. The minimum Gasteiger partial charge on any atom is -0.457 e. The van der Waals surface area contributed by atoms with Gasteiger partial charge in [0.05, 0.1) is 33.5 Å². The van der Waals surface area contributed by atoms with Crippen LogP contribution in [0.1, 0.15) is 19.4 Å². The van der Waals surface area contributed by atoms with Crippen molar-refractivity contribution in [3.05, 3.63) is 369 Å². The topological polar surface area (TPSA) is 83.0 Å². The van der Waals surface area contributed by atoms with Crippen molar-refractivity contribution >= 4 is 83.4 Å². The molecule has 1 aliphatic heterocycles. The average Bonchev–Trinajstić information content (AvgIpc) is 1.12. The second-order valence-corrected chi connectivity index (χ2v) is 38.0. The summed E-state index contributed by atoms with van der Waals surface area (Å²) in [5, 5.41) is 4.19. The summed E-state index contributed by atoms with van der Waals surface area (Å²) in [4.78, 5) is 28.5. The molecule has 17 aromatic rings. The quantitative estimate of drug-likeness (QED) is 0.0751. The number of para-hydroxylation sites is 6. The van der Waals surface area contributed by atoms with Crippen LogP contribution in [0.3, 0.4) is 0 Å². The largest absolute Gasteiger partial charge is 0.457 e. The Hall–Kier alpha value is -12.3. The zero-order valence-electron chi connectivity index (χ0n) is 62.6. The van der Waals surface area contributed by atoms with Crippen LogP contribution in [0.2, 0.25) is 26.0 Å². The maximum Gasteiger partial charge on any atom is 0.220 e. The lowest BCUT2D eigenvalue weighted by atomic mass is 9.98. The standard InChI is InChI=1S/C92H71N7OSi3/c1-101(2,89-82(64-37-13-5-14-38-64)84(66-41-17-7-18-42-66)94-87(96-89)68-45-21-9-22-46-68)92(102(3,4)90-83(65-39-15-6-16-40-65)85(67-43-19-8-20-44-67)95-88(97-90)69-47-23-10-24-48-69)74-55-29-34-61-80(74)100-86-75(92)56-36-62-81(86)103(71-50-25-11-26-51-71,72-52-27-12-28-53-72)73-54-35-49-70(63-73)98-78-59-32-33-60-79(78)99-77-58-31-30-57-76(77)93-91(98)99/h5-63H,1-4H3/i1D3,3D3. The van der Waals surface area contributed by atoms with Crippen molar-refractivity contribution in [1.29, 1.82) is 0 Å². The molecule has 0 radical (unpaired) electrons.